The van der Waals surface area contributed by atoms with Crippen molar-refractivity contribution in [3.8, 4) is 0 Å². The first-order valence-corrected chi connectivity index (χ1v) is 9.16. The Balaban J connectivity index is 2.87. The van der Waals surface area contributed by atoms with E-state index >= 15 is 0 Å². The second-order valence-corrected chi connectivity index (χ2v) is 7.46. The molecular weight excluding hydrogens is 284 g/mol. The molecule has 0 aliphatic heterocycles. The predicted molar refractivity (Wildman–Crippen MR) is 88.8 cm³/mol. The molecular formula is C16H28N2O2S. The molecule has 0 aliphatic rings. The fourth-order valence-corrected chi connectivity index (χ4v) is 3.85. The molecule has 0 aliphatic carbocycles. The van der Waals surface area contributed by atoms with Crippen molar-refractivity contribution in [3.63, 3.8) is 0 Å². The van der Waals surface area contributed by atoms with E-state index in [4.69, 9.17) is 5.73 Å². The van der Waals surface area contributed by atoms with Crippen molar-refractivity contribution < 1.29 is 8.42 Å². The monoisotopic (exact) mass is 312 g/mol. The van der Waals surface area contributed by atoms with Gasteiger partial charge in [0.15, 0.2) is 0 Å². The summed E-state index contributed by atoms with van der Waals surface area (Å²) in [4.78, 5) is 0.297. The van der Waals surface area contributed by atoms with E-state index in [9.17, 15) is 8.42 Å². The summed E-state index contributed by atoms with van der Waals surface area (Å²) in [7, 11) is -3.50. The molecule has 0 aromatic heterocycles. The van der Waals surface area contributed by atoms with E-state index in [1.54, 1.807) is 6.07 Å². The van der Waals surface area contributed by atoms with Crippen molar-refractivity contribution in [1.82, 2.24) is 4.72 Å². The van der Waals surface area contributed by atoms with Gasteiger partial charge in [0, 0.05) is 12.2 Å². The van der Waals surface area contributed by atoms with Gasteiger partial charge in [-0.25, -0.2) is 13.1 Å². The quantitative estimate of drug-likeness (QED) is 0.723. The molecule has 0 radical (unpaired) electrons. The minimum absolute atomic E-state index is 0.297. The van der Waals surface area contributed by atoms with Gasteiger partial charge in [-0.2, -0.15) is 0 Å². The fraction of sp³-hybridized carbons (Fsp3) is 0.625. The van der Waals surface area contributed by atoms with Crippen LogP contribution < -0.4 is 10.5 Å². The zero-order chi connectivity index (χ0) is 16.0. The van der Waals surface area contributed by atoms with Crippen molar-refractivity contribution in [3.05, 3.63) is 23.3 Å². The average Bonchev–Trinajstić information content (AvgIpc) is 2.43. The summed E-state index contributed by atoms with van der Waals surface area (Å²) in [6.45, 7) is 8.44. The molecule has 5 heteroatoms. The van der Waals surface area contributed by atoms with Crippen LogP contribution >= 0.6 is 0 Å². The molecule has 1 aromatic carbocycles. The van der Waals surface area contributed by atoms with Crippen molar-refractivity contribution >= 4 is 15.7 Å². The summed E-state index contributed by atoms with van der Waals surface area (Å²) < 4.78 is 27.7. The number of sulfonamides is 1. The van der Waals surface area contributed by atoms with Crippen molar-refractivity contribution in [2.75, 3.05) is 12.3 Å². The molecule has 4 nitrogen and oxygen atoms in total. The normalized spacial score (nSPS) is 13.3. The van der Waals surface area contributed by atoms with Gasteiger partial charge in [-0.3, -0.25) is 0 Å². The summed E-state index contributed by atoms with van der Waals surface area (Å²) in [6.07, 6.45) is 4.31. The number of nitrogens with two attached hydrogens (primary N) is 1. The number of aryl methyl sites for hydroxylation is 1. The van der Waals surface area contributed by atoms with Crippen LogP contribution in [0, 0.1) is 19.8 Å². The third-order valence-electron chi connectivity index (χ3n) is 4.04. The first kappa shape index (κ1) is 18.0. The number of nitrogens with one attached hydrogen (secondary N) is 1. The maximum absolute atomic E-state index is 12.5. The van der Waals surface area contributed by atoms with Gasteiger partial charge in [0.25, 0.3) is 0 Å². The zero-order valence-electron chi connectivity index (χ0n) is 13.6. The predicted octanol–water partition coefficient (Wildman–Crippen LogP) is 3.38. The van der Waals surface area contributed by atoms with Crippen molar-refractivity contribution in [1.29, 1.82) is 0 Å². The van der Waals surface area contributed by atoms with Gasteiger partial charge < -0.3 is 5.73 Å². The number of nitrogen functional groups attached to an aromatic ring is 1. The largest absolute Gasteiger partial charge is 0.399 e. The first-order valence-electron chi connectivity index (χ1n) is 7.68. The Bertz CT molecular complexity index is 568. The summed E-state index contributed by atoms with van der Waals surface area (Å²) >= 11 is 0. The molecule has 1 rings (SSSR count). The molecule has 1 unspecified atom stereocenters. The molecule has 0 saturated carbocycles. The highest BCUT2D eigenvalue weighted by Crippen LogP contribution is 2.22. The average molecular weight is 312 g/mol. The minimum atomic E-state index is -3.50. The topological polar surface area (TPSA) is 72.2 Å². The first-order chi connectivity index (χ1) is 9.81. The molecule has 21 heavy (non-hydrogen) atoms. The number of benzene rings is 1. The SMILES string of the molecule is CCCCC(CC)CNS(=O)(=O)c1cc(N)cc(C)c1C. The van der Waals surface area contributed by atoms with Crippen LogP contribution in [0.15, 0.2) is 17.0 Å². The van der Waals surface area contributed by atoms with Crippen LogP contribution in [0.2, 0.25) is 0 Å². The smallest absolute Gasteiger partial charge is 0.240 e. The van der Waals surface area contributed by atoms with Crippen LogP contribution in [0.5, 0.6) is 0 Å². The number of hydrogen-bond donors (Lipinski definition) is 2. The highest BCUT2D eigenvalue weighted by atomic mass is 32.2. The third-order valence-corrected chi connectivity index (χ3v) is 5.59. The van der Waals surface area contributed by atoms with E-state index in [-0.39, 0.29) is 0 Å². The molecule has 1 aromatic rings. The Kier molecular flexibility index (Phi) is 6.68. The number of rotatable bonds is 8. The van der Waals surface area contributed by atoms with Crippen LogP contribution in [-0.4, -0.2) is 15.0 Å². The van der Waals surface area contributed by atoms with E-state index in [0.717, 1.165) is 36.8 Å². The van der Waals surface area contributed by atoms with Gasteiger partial charge in [-0.05, 0) is 49.4 Å². The van der Waals surface area contributed by atoms with Gasteiger partial charge in [0.2, 0.25) is 10.0 Å². The molecule has 1 atom stereocenters. The van der Waals surface area contributed by atoms with Gasteiger partial charge in [0.1, 0.15) is 0 Å². The number of unbranched alkanes of at least 4 members (excludes halogenated alkanes) is 1. The maximum atomic E-state index is 12.5. The fourth-order valence-electron chi connectivity index (χ4n) is 2.38. The summed E-state index contributed by atoms with van der Waals surface area (Å²) in [5, 5.41) is 0. The van der Waals surface area contributed by atoms with Gasteiger partial charge in [-0.1, -0.05) is 33.1 Å². The maximum Gasteiger partial charge on any atom is 0.240 e. The molecule has 3 N–H and O–H groups in total. The highest BCUT2D eigenvalue weighted by Gasteiger charge is 2.19. The Morgan fingerprint density at radius 3 is 2.48 bits per heavy atom. The Hall–Kier alpha value is -1.07. The molecule has 0 fully saturated rings. The van der Waals surface area contributed by atoms with E-state index in [1.165, 1.54) is 6.07 Å². The highest BCUT2D eigenvalue weighted by molar-refractivity contribution is 7.89. The summed E-state index contributed by atoms with van der Waals surface area (Å²) in [6, 6.07) is 3.34. The standard InChI is InChI=1S/C16H28N2O2S/c1-5-7-8-14(6-2)11-18-21(19,20)16-10-15(17)9-12(3)13(16)4/h9-10,14,18H,5-8,11,17H2,1-4H3. The lowest BCUT2D eigenvalue weighted by Crippen LogP contribution is -2.30. The molecule has 120 valence electrons. The summed E-state index contributed by atoms with van der Waals surface area (Å²) in [5.74, 6) is 0.391. The number of anilines is 1. The lowest BCUT2D eigenvalue weighted by molar-refractivity contribution is 0.443. The van der Waals surface area contributed by atoms with E-state index < -0.39 is 10.0 Å². The lowest BCUT2D eigenvalue weighted by Gasteiger charge is -2.17. The van der Waals surface area contributed by atoms with E-state index in [0.29, 0.717) is 23.0 Å². The number of hydrogen-bond acceptors (Lipinski definition) is 3. The summed E-state index contributed by atoms with van der Waals surface area (Å²) in [5.41, 5.74) is 7.92. The van der Waals surface area contributed by atoms with Gasteiger partial charge in [-0.15, -0.1) is 0 Å². The Labute approximate surface area is 129 Å². The van der Waals surface area contributed by atoms with E-state index in [2.05, 4.69) is 18.6 Å². The van der Waals surface area contributed by atoms with Crippen LogP contribution in [0.1, 0.15) is 50.7 Å². The molecule has 0 bridgehead atoms. The minimum Gasteiger partial charge on any atom is -0.399 e. The van der Waals surface area contributed by atoms with Crippen molar-refractivity contribution in [2.45, 2.75) is 58.3 Å². The molecule has 0 heterocycles. The Morgan fingerprint density at radius 2 is 1.90 bits per heavy atom. The van der Waals surface area contributed by atoms with Gasteiger partial charge >= 0.3 is 0 Å². The second-order valence-electron chi connectivity index (χ2n) is 5.73. The van der Waals surface area contributed by atoms with Crippen molar-refractivity contribution in [2.24, 2.45) is 5.92 Å². The van der Waals surface area contributed by atoms with Gasteiger partial charge in [0.05, 0.1) is 4.90 Å². The lowest BCUT2D eigenvalue weighted by atomic mass is 10.00. The van der Waals surface area contributed by atoms with Crippen LogP contribution in [-0.2, 0) is 10.0 Å². The Morgan fingerprint density at radius 1 is 1.24 bits per heavy atom. The third kappa shape index (κ3) is 5.00. The van der Waals surface area contributed by atoms with Crippen LogP contribution in [0.3, 0.4) is 0 Å². The second kappa shape index (κ2) is 7.80. The zero-order valence-corrected chi connectivity index (χ0v) is 14.4. The molecule has 0 saturated heterocycles. The van der Waals surface area contributed by atoms with E-state index in [1.807, 2.05) is 13.8 Å². The molecule has 0 spiro atoms. The molecule has 0 amide bonds. The van der Waals surface area contributed by atoms with Crippen LogP contribution in [0.25, 0.3) is 0 Å². The van der Waals surface area contributed by atoms with Crippen LogP contribution in [0.4, 0.5) is 5.69 Å².